The SMILES string of the molecule is CC(c1nc(C2CC2)no1)N1CCN(Cc2cnn(CCO)c2)CC1. The van der Waals surface area contributed by atoms with Gasteiger partial charge in [-0.15, -0.1) is 0 Å². The Morgan fingerprint density at radius 2 is 2.08 bits per heavy atom. The molecule has 3 heterocycles. The molecule has 1 atom stereocenters. The van der Waals surface area contributed by atoms with Crippen molar-refractivity contribution >= 4 is 0 Å². The highest BCUT2D eigenvalue weighted by Crippen LogP contribution is 2.38. The van der Waals surface area contributed by atoms with Crippen molar-refractivity contribution in [3.05, 3.63) is 29.7 Å². The molecule has 2 aromatic heterocycles. The second-order valence-corrected chi connectivity index (χ2v) is 7.09. The van der Waals surface area contributed by atoms with Crippen LogP contribution >= 0.6 is 0 Å². The average molecular weight is 346 g/mol. The Hall–Kier alpha value is -1.77. The molecule has 2 aliphatic rings. The van der Waals surface area contributed by atoms with Crippen LogP contribution in [0.15, 0.2) is 16.9 Å². The summed E-state index contributed by atoms with van der Waals surface area (Å²) >= 11 is 0. The second kappa shape index (κ2) is 7.23. The molecule has 1 unspecified atom stereocenters. The van der Waals surface area contributed by atoms with E-state index in [1.54, 1.807) is 4.68 Å². The number of aliphatic hydroxyl groups excluding tert-OH is 1. The maximum absolute atomic E-state index is 8.97. The first-order valence-corrected chi connectivity index (χ1v) is 9.15. The molecule has 25 heavy (non-hydrogen) atoms. The molecule has 0 spiro atoms. The van der Waals surface area contributed by atoms with Crippen molar-refractivity contribution in [1.29, 1.82) is 0 Å². The Labute approximate surface area is 147 Å². The predicted octanol–water partition coefficient (Wildman–Crippen LogP) is 1.01. The maximum Gasteiger partial charge on any atom is 0.243 e. The highest BCUT2D eigenvalue weighted by molar-refractivity contribution is 5.06. The van der Waals surface area contributed by atoms with Gasteiger partial charge in [0.1, 0.15) is 0 Å². The molecule has 0 bridgehead atoms. The quantitative estimate of drug-likeness (QED) is 0.801. The van der Waals surface area contributed by atoms with Gasteiger partial charge >= 0.3 is 0 Å². The minimum Gasteiger partial charge on any atom is -0.394 e. The van der Waals surface area contributed by atoms with Crippen LogP contribution in [0.5, 0.6) is 0 Å². The molecular formula is C17H26N6O2. The third kappa shape index (κ3) is 3.91. The van der Waals surface area contributed by atoms with Gasteiger partial charge in [-0.3, -0.25) is 14.5 Å². The van der Waals surface area contributed by atoms with Crippen molar-refractivity contribution in [2.75, 3.05) is 32.8 Å². The fourth-order valence-electron chi connectivity index (χ4n) is 3.36. The van der Waals surface area contributed by atoms with Crippen LogP contribution in [0.4, 0.5) is 0 Å². The van der Waals surface area contributed by atoms with Gasteiger partial charge in [0.2, 0.25) is 5.89 Å². The summed E-state index contributed by atoms with van der Waals surface area (Å²) in [6, 6.07) is 0.175. The van der Waals surface area contributed by atoms with Crippen molar-refractivity contribution in [2.24, 2.45) is 0 Å². The van der Waals surface area contributed by atoms with Crippen LogP contribution in [0.1, 0.15) is 49.0 Å². The molecule has 0 aromatic carbocycles. The predicted molar refractivity (Wildman–Crippen MR) is 90.9 cm³/mol. The smallest absolute Gasteiger partial charge is 0.243 e. The van der Waals surface area contributed by atoms with Gasteiger partial charge in [-0.25, -0.2) is 0 Å². The summed E-state index contributed by atoms with van der Waals surface area (Å²) in [5, 5.41) is 17.4. The third-order valence-corrected chi connectivity index (χ3v) is 5.13. The van der Waals surface area contributed by atoms with E-state index in [0.717, 1.165) is 44.4 Å². The minimum absolute atomic E-state index is 0.121. The van der Waals surface area contributed by atoms with Crippen LogP contribution in [0, 0.1) is 0 Å². The zero-order valence-electron chi connectivity index (χ0n) is 14.7. The summed E-state index contributed by atoms with van der Waals surface area (Å²) < 4.78 is 7.27. The molecular weight excluding hydrogens is 320 g/mol. The van der Waals surface area contributed by atoms with Crippen LogP contribution < -0.4 is 0 Å². The Kier molecular flexibility index (Phi) is 4.82. The van der Waals surface area contributed by atoms with Gasteiger partial charge < -0.3 is 9.63 Å². The maximum atomic E-state index is 8.97. The number of aliphatic hydroxyl groups is 1. The lowest BCUT2D eigenvalue weighted by Crippen LogP contribution is -2.46. The molecule has 2 fully saturated rings. The zero-order valence-corrected chi connectivity index (χ0v) is 14.7. The van der Waals surface area contributed by atoms with Gasteiger partial charge in [-0.1, -0.05) is 5.16 Å². The van der Waals surface area contributed by atoms with Gasteiger partial charge in [-0.05, 0) is 19.8 Å². The molecule has 1 saturated heterocycles. The zero-order chi connectivity index (χ0) is 17.2. The first-order valence-electron chi connectivity index (χ1n) is 9.15. The molecule has 8 heteroatoms. The number of aromatic nitrogens is 4. The summed E-state index contributed by atoms with van der Waals surface area (Å²) in [5.74, 6) is 2.18. The third-order valence-electron chi connectivity index (χ3n) is 5.13. The molecule has 0 radical (unpaired) electrons. The molecule has 0 amide bonds. The molecule has 1 saturated carbocycles. The summed E-state index contributed by atoms with van der Waals surface area (Å²) in [5.41, 5.74) is 1.20. The normalized spacial score (nSPS) is 20.9. The number of hydrogen-bond acceptors (Lipinski definition) is 7. The lowest BCUT2D eigenvalue weighted by Gasteiger charge is -2.36. The van der Waals surface area contributed by atoms with Crippen molar-refractivity contribution in [1.82, 2.24) is 29.7 Å². The van der Waals surface area contributed by atoms with Crippen LogP contribution in [0.25, 0.3) is 0 Å². The average Bonchev–Trinajstić information content (AvgIpc) is 3.19. The number of hydrogen-bond donors (Lipinski definition) is 1. The summed E-state index contributed by atoms with van der Waals surface area (Å²) in [6.45, 7) is 7.74. The fraction of sp³-hybridized carbons (Fsp3) is 0.706. The second-order valence-electron chi connectivity index (χ2n) is 7.09. The van der Waals surface area contributed by atoms with E-state index in [1.165, 1.54) is 18.4 Å². The molecule has 1 aliphatic carbocycles. The molecule has 4 rings (SSSR count). The highest BCUT2D eigenvalue weighted by atomic mass is 16.5. The van der Waals surface area contributed by atoms with E-state index in [-0.39, 0.29) is 12.6 Å². The highest BCUT2D eigenvalue weighted by Gasteiger charge is 2.31. The van der Waals surface area contributed by atoms with Gasteiger partial charge in [0.05, 0.1) is 25.4 Å². The first kappa shape index (κ1) is 16.7. The Morgan fingerprint density at radius 1 is 1.28 bits per heavy atom. The van der Waals surface area contributed by atoms with Crippen LogP contribution in [-0.2, 0) is 13.1 Å². The monoisotopic (exact) mass is 346 g/mol. The van der Waals surface area contributed by atoms with E-state index >= 15 is 0 Å². The van der Waals surface area contributed by atoms with E-state index in [1.807, 2.05) is 12.4 Å². The molecule has 136 valence electrons. The van der Waals surface area contributed by atoms with Crippen LogP contribution in [0.2, 0.25) is 0 Å². The minimum atomic E-state index is 0.121. The van der Waals surface area contributed by atoms with Gasteiger partial charge in [0.15, 0.2) is 5.82 Å². The number of rotatable bonds is 7. The van der Waals surface area contributed by atoms with Crippen LogP contribution in [0.3, 0.4) is 0 Å². The first-order chi connectivity index (χ1) is 12.2. The fourth-order valence-corrected chi connectivity index (χ4v) is 3.36. The standard InChI is InChI=1S/C17H26N6O2/c1-13(17-19-16(20-25-17)15-2-3-15)22-6-4-21(5-7-22)11-14-10-18-23(12-14)8-9-24/h10,12-13,15,24H,2-9,11H2,1H3. The Balaban J connectivity index is 1.28. The van der Waals surface area contributed by atoms with E-state index < -0.39 is 0 Å². The van der Waals surface area contributed by atoms with E-state index in [0.29, 0.717) is 12.5 Å². The largest absolute Gasteiger partial charge is 0.394 e. The Bertz CT molecular complexity index is 687. The van der Waals surface area contributed by atoms with Crippen molar-refractivity contribution in [3.63, 3.8) is 0 Å². The lowest BCUT2D eigenvalue weighted by molar-refractivity contribution is 0.0845. The van der Waals surface area contributed by atoms with Gasteiger partial charge in [0, 0.05) is 50.4 Å². The number of piperazine rings is 1. The van der Waals surface area contributed by atoms with Crippen molar-refractivity contribution < 1.29 is 9.63 Å². The Morgan fingerprint density at radius 3 is 2.80 bits per heavy atom. The number of nitrogens with zero attached hydrogens (tertiary/aromatic N) is 6. The summed E-state index contributed by atoms with van der Waals surface area (Å²) in [7, 11) is 0. The topological polar surface area (TPSA) is 83.5 Å². The molecule has 8 nitrogen and oxygen atoms in total. The van der Waals surface area contributed by atoms with Crippen molar-refractivity contribution in [3.8, 4) is 0 Å². The molecule has 2 aromatic rings. The van der Waals surface area contributed by atoms with Gasteiger partial charge in [-0.2, -0.15) is 10.1 Å². The summed E-state index contributed by atoms with van der Waals surface area (Å²) in [4.78, 5) is 9.44. The molecule has 1 aliphatic heterocycles. The van der Waals surface area contributed by atoms with E-state index in [2.05, 4.69) is 32.0 Å². The van der Waals surface area contributed by atoms with E-state index in [4.69, 9.17) is 9.63 Å². The van der Waals surface area contributed by atoms with Gasteiger partial charge in [0.25, 0.3) is 0 Å². The van der Waals surface area contributed by atoms with Crippen LogP contribution in [-0.4, -0.2) is 67.6 Å². The molecule has 1 N–H and O–H groups in total. The van der Waals surface area contributed by atoms with Crippen molar-refractivity contribution in [2.45, 2.75) is 44.8 Å². The lowest BCUT2D eigenvalue weighted by atomic mass is 10.2. The van der Waals surface area contributed by atoms with E-state index in [9.17, 15) is 0 Å². The summed E-state index contributed by atoms with van der Waals surface area (Å²) in [6.07, 6.45) is 6.30.